The Hall–Kier alpha value is -4.60. The normalized spacial score (nSPS) is 13.1. The minimum absolute atomic E-state index is 0.155. The lowest BCUT2D eigenvalue weighted by Gasteiger charge is -2.10. The standard InChI is InChI=1S/C24H21N7O3/c1-12(2)30-21-19(31(24(30)33)16-4-6-18-13(10-16)7-8-26-18)20(25)28-23(29-21)27-15-3-5-17-14(9-15)11-34-22(17)32/h3-10,12,26H,11H2,1-2H3,(H3,25,27,28,29). The quantitative estimate of drug-likeness (QED) is 0.352. The average molecular weight is 455 g/mol. The van der Waals surface area contributed by atoms with Gasteiger partial charge in [-0.25, -0.2) is 9.59 Å². The lowest BCUT2D eigenvalue weighted by molar-refractivity contribution is 0.0535. The summed E-state index contributed by atoms with van der Waals surface area (Å²) < 4.78 is 8.23. The highest BCUT2D eigenvalue weighted by Crippen LogP contribution is 2.28. The van der Waals surface area contributed by atoms with Crippen LogP contribution in [0, 0.1) is 0 Å². The van der Waals surface area contributed by atoms with Gasteiger partial charge in [0.15, 0.2) is 11.5 Å². The molecule has 0 aliphatic carbocycles. The summed E-state index contributed by atoms with van der Waals surface area (Å²) in [5, 5.41) is 4.12. The number of hydrogen-bond acceptors (Lipinski definition) is 7. The molecule has 4 heterocycles. The van der Waals surface area contributed by atoms with E-state index in [4.69, 9.17) is 10.5 Å². The van der Waals surface area contributed by atoms with Gasteiger partial charge in [0.05, 0.1) is 11.3 Å². The summed E-state index contributed by atoms with van der Waals surface area (Å²) in [6, 6.07) is 12.8. The molecule has 34 heavy (non-hydrogen) atoms. The van der Waals surface area contributed by atoms with Crippen LogP contribution in [0.5, 0.6) is 0 Å². The molecule has 1 aliphatic heterocycles. The molecular weight excluding hydrogens is 434 g/mol. The maximum absolute atomic E-state index is 13.5. The smallest absolute Gasteiger partial charge is 0.338 e. The second kappa shape index (κ2) is 7.20. The fourth-order valence-corrected chi connectivity index (χ4v) is 4.42. The third-order valence-corrected chi connectivity index (χ3v) is 5.99. The Morgan fingerprint density at radius 1 is 1.12 bits per heavy atom. The van der Waals surface area contributed by atoms with Gasteiger partial charge in [0.1, 0.15) is 12.1 Å². The Labute approximate surface area is 193 Å². The molecule has 6 rings (SSSR count). The molecule has 0 amide bonds. The minimum Gasteiger partial charge on any atom is -0.457 e. The van der Waals surface area contributed by atoms with Gasteiger partial charge in [-0.2, -0.15) is 9.97 Å². The van der Waals surface area contributed by atoms with Crippen molar-refractivity contribution in [3.63, 3.8) is 0 Å². The zero-order valence-electron chi connectivity index (χ0n) is 18.5. The van der Waals surface area contributed by atoms with E-state index in [1.54, 1.807) is 21.3 Å². The Morgan fingerprint density at radius 2 is 1.97 bits per heavy atom. The fraction of sp³-hybridized carbons (Fsp3) is 0.167. The average Bonchev–Trinajstić information content (AvgIpc) is 3.49. The van der Waals surface area contributed by atoms with Crippen molar-refractivity contribution in [3.05, 3.63) is 70.3 Å². The molecular formula is C24H21N7O3. The minimum atomic E-state index is -0.330. The van der Waals surface area contributed by atoms with Gasteiger partial charge in [0.25, 0.3) is 0 Å². The van der Waals surface area contributed by atoms with Gasteiger partial charge < -0.3 is 20.8 Å². The van der Waals surface area contributed by atoms with Crippen LogP contribution >= 0.6 is 0 Å². The first-order valence-electron chi connectivity index (χ1n) is 10.9. The van der Waals surface area contributed by atoms with Crippen molar-refractivity contribution in [1.82, 2.24) is 24.1 Å². The number of esters is 1. The maximum Gasteiger partial charge on any atom is 0.338 e. The molecule has 5 aromatic rings. The molecule has 0 fully saturated rings. The largest absolute Gasteiger partial charge is 0.457 e. The van der Waals surface area contributed by atoms with E-state index < -0.39 is 0 Å². The molecule has 170 valence electrons. The van der Waals surface area contributed by atoms with Crippen LogP contribution in [0.4, 0.5) is 17.5 Å². The van der Waals surface area contributed by atoms with Gasteiger partial charge >= 0.3 is 11.7 Å². The van der Waals surface area contributed by atoms with Crippen LogP contribution in [0.1, 0.15) is 35.8 Å². The van der Waals surface area contributed by atoms with Gasteiger partial charge in [-0.15, -0.1) is 0 Å². The molecule has 0 unspecified atom stereocenters. The van der Waals surface area contributed by atoms with E-state index in [0.29, 0.717) is 28.1 Å². The first-order chi connectivity index (χ1) is 16.4. The molecule has 0 spiro atoms. The number of aromatic nitrogens is 5. The van der Waals surface area contributed by atoms with Crippen molar-refractivity contribution >= 4 is 45.5 Å². The summed E-state index contributed by atoms with van der Waals surface area (Å²) in [4.78, 5) is 37.5. The van der Waals surface area contributed by atoms with E-state index in [-0.39, 0.29) is 36.1 Å². The van der Waals surface area contributed by atoms with Crippen LogP contribution in [0.15, 0.2) is 53.5 Å². The Balaban J connectivity index is 1.50. The van der Waals surface area contributed by atoms with Gasteiger partial charge in [0.2, 0.25) is 5.95 Å². The second-order valence-corrected chi connectivity index (χ2v) is 8.51. The van der Waals surface area contributed by atoms with Crippen molar-refractivity contribution in [3.8, 4) is 5.69 Å². The third-order valence-electron chi connectivity index (χ3n) is 5.99. The predicted octanol–water partition coefficient (Wildman–Crippen LogP) is 3.64. The topological polar surface area (TPSA) is 133 Å². The summed E-state index contributed by atoms with van der Waals surface area (Å²) in [5.41, 5.74) is 10.7. The number of anilines is 3. The number of nitrogens with zero attached hydrogens (tertiary/aromatic N) is 4. The lowest BCUT2D eigenvalue weighted by Crippen LogP contribution is -2.24. The first kappa shape index (κ1) is 20.0. The summed E-state index contributed by atoms with van der Waals surface area (Å²) in [6.45, 7) is 4.07. The summed E-state index contributed by atoms with van der Waals surface area (Å²) >= 11 is 0. The highest BCUT2D eigenvalue weighted by Gasteiger charge is 2.23. The van der Waals surface area contributed by atoms with Crippen molar-refractivity contribution in [2.45, 2.75) is 26.5 Å². The summed E-state index contributed by atoms with van der Waals surface area (Å²) in [7, 11) is 0. The number of hydrogen-bond donors (Lipinski definition) is 3. The highest BCUT2D eigenvalue weighted by molar-refractivity contribution is 5.94. The molecule has 0 saturated heterocycles. The predicted molar refractivity (Wildman–Crippen MR) is 129 cm³/mol. The third kappa shape index (κ3) is 2.95. The van der Waals surface area contributed by atoms with Crippen molar-refractivity contribution in [1.29, 1.82) is 0 Å². The molecule has 0 bridgehead atoms. The van der Waals surface area contributed by atoms with Crippen LogP contribution in [0.25, 0.3) is 27.8 Å². The molecule has 4 N–H and O–H groups in total. The molecule has 10 nitrogen and oxygen atoms in total. The van der Waals surface area contributed by atoms with Crippen LogP contribution in [0.2, 0.25) is 0 Å². The molecule has 10 heteroatoms. The van der Waals surface area contributed by atoms with Crippen molar-refractivity contribution < 1.29 is 9.53 Å². The van der Waals surface area contributed by atoms with Gasteiger partial charge in [-0.05, 0) is 56.3 Å². The van der Waals surface area contributed by atoms with Gasteiger partial charge in [-0.1, -0.05) is 0 Å². The summed E-state index contributed by atoms with van der Waals surface area (Å²) in [6.07, 6.45) is 1.85. The fourth-order valence-electron chi connectivity index (χ4n) is 4.42. The number of nitrogen functional groups attached to an aromatic ring is 1. The summed E-state index contributed by atoms with van der Waals surface area (Å²) in [5.74, 6) is 0.101. The molecule has 0 saturated carbocycles. The maximum atomic E-state index is 13.5. The van der Waals surface area contributed by atoms with Crippen molar-refractivity contribution in [2.75, 3.05) is 11.1 Å². The number of carbonyl (C=O) groups is 1. The van der Waals surface area contributed by atoms with E-state index in [9.17, 15) is 9.59 Å². The number of nitrogens with two attached hydrogens (primary N) is 1. The number of benzene rings is 2. The van der Waals surface area contributed by atoms with Gasteiger partial charge in [0, 0.05) is 34.4 Å². The van der Waals surface area contributed by atoms with E-state index in [1.807, 2.05) is 50.4 Å². The van der Waals surface area contributed by atoms with E-state index in [0.717, 1.165) is 16.5 Å². The molecule has 0 radical (unpaired) electrons. The number of nitrogens with one attached hydrogen (secondary N) is 2. The number of H-pyrrole nitrogens is 1. The molecule has 0 atom stereocenters. The zero-order valence-corrected chi connectivity index (χ0v) is 18.5. The van der Waals surface area contributed by atoms with Gasteiger partial charge in [-0.3, -0.25) is 9.13 Å². The monoisotopic (exact) mass is 455 g/mol. The number of aromatic amines is 1. The molecule has 1 aliphatic rings. The number of fused-ring (bicyclic) bond motifs is 3. The van der Waals surface area contributed by atoms with E-state index in [2.05, 4.69) is 20.3 Å². The number of cyclic esters (lactones) is 1. The van der Waals surface area contributed by atoms with Crippen LogP contribution in [-0.4, -0.2) is 30.1 Å². The Morgan fingerprint density at radius 3 is 2.79 bits per heavy atom. The SMILES string of the molecule is CC(C)n1c(=O)n(-c2ccc3[nH]ccc3c2)c2c(N)nc(Nc3ccc4c(c3)COC4=O)nc21. The van der Waals surface area contributed by atoms with E-state index >= 15 is 0 Å². The first-order valence-corrected chi connectivity index (χ1v) is 10.9. The highest BCUT2D eigenvalue weighted by atomic mass is 16.5. The second-order valence-electron chi connectivity index (χ2n) is 8.51. The molecule has 2 aromatic carbocycles. The van der Waals surface area contributed by atoms with Crippen molar-refractivity contribution in [2.24, 2.45) is 0 Å². The van der Waals surface area contributed by atoms with Crippen LogP contribution in [0.3, 0.4) is 0 Å². The van der Waals surface area contributed by atoms with Crippen LogP contribution < -0.4 is 16.7 Å². The number of ether oxygens (including phenoxy) is 1. The number of carbonyl (C=O) groups excluding carboxylic acids is 1. The van der Waals surface area contributed by atoms with Crippen LogP contribution in [-0.2, 0) is 11.3 Å². The Kier molecular flexibility index (Phi) is 4.25. The Bertz CT molecular complexity index is 1680. The molecule has 3 aromatic heterocycles. The number of rotatable bonds is 4. The zero-order chi connectivity index (χ0) is 23.6. The lowest BCUT2D eigenvalue weighted by atomic mass is 10.1. The number of imidazole rings is 1. The van der Waals surface area contributed by atoms with E-state index in [1.165, 1.54) is 0 Å².